The molecule has 2 aromatic carbocycles. The Morgan fingerprint density at radius 2 is 1.70 bits per heavy atom. The molecule has 0 saturated carbocycles. The monoisotopic (exact) mass is 411 g/mol. The number of benzene rings is 2. The van der Waals surface area contributed by atoms with Gasteiger partial charge in [-0.1, -0.05) is 36.4 Å². The fourth-order valence-corrected chi connectivity index (χ4v) is 3.90. The van der Waals surface area contributed by atoms with Crippen LogP contribution in [0.2, 0.25) is 0 Å². The SMILES string of the molecule is CC(C)(C)NS(=O)(=O)c1cccc(NC(=O)CC(N)c2ccccc2)c1.Cl. The van der Waals surface area contributed by atoms with E-state index in [9.17, 15) is 13.2 Å². The molecule has 8 heteroatoms. The molecule has 27 heavy (non-hydrogen) atoms. The Hall–Kier alpha value is -1.93. The van der Waals surface area contributed by atoms with Crippen molar-refractivity contribution in [3.8, 4) is 0 Å². The summed E-state index contributed by atoms with van der Waals surface area (Å²) in [5, 5.41) is 2.71. The van der Waals surface area contributed by atoms with Crippen LogP contribution in [0.25, 0.3) is 0 Å². The smallest absolute Gasteiger partial charge is 0.241 e. The second-order valence-electron chi connectivity index (χ2n) is 7.15. The maximum Gasteiger partial charge on any atom is 0.241 e. The number of amides is 1. The van der Waals surface area contributed by atoms with Gasteiger partial charge in [-0.25, -0.2) is 13.1 Å². The number of nitrogens with one attached hydrogen (secondary N) is 2. The van der Waals surface area contributed by atoms with Crippen LogP contribution in [-0.4, -0.2) is 19.9 Å². The van der Waals surface area contributed by atoms with E-state index < -0.39 is 21.6 Å². The molecule has 0 radical (unpaired) electrons. The Labute approximate surface area is 167 Å². The highest BCUT2D eigenvalue weighted by molar-refractivity contribution is 7.89. The highest BCUT2D eigenvalue weighted by Gasteiger charge is 2.22. The van der Waals surface area contributed by atoms with Crippen molar-refractivity contribution in [3.63, 3.8) is 0 Å². The minimum absolute atomic E-state index is 0. The topological polar surface area (TPSA) is 101 Å². The van der Waals surface area contributed by atoms with Gasteiger partial charge in [0.15, 0.2) is 0 Å². The maximum atomic E-state index is 12.4. The van der Waals surface area contributed by atoms with Crippen molar-refractivity contribution in [2.75, 3.05) is 5.32 Å². The van der Waals surface area contributed by atoms with Crippen molar-refractivity contribution in [1.82, 2.24) is 4.72 Å². The zero-order valence-corrected chi connectivity index (χ0v) is 17.2. The van der Waals surface area contributed by atoms with Crippen molar-refractivity contribution < 1.29 is 13.2 Å². The second-order valence-corrected chi connectivity index (χ2v) is 8.84. The molecule has 0 heterocycles. The molecule has 2 aromatic rings. The van der Waals surface area contributed by atoms with Gasteiger partial charge in [-0.2, -0.15) is 0 Å². The van der Waals surface area contributed by atoms with E-state index in [4.69, 9.17) is 5.73 Å². The Balaban J connectivity index is 0.00000364. The third kappa shape index (κ3) is 7.30. The average molecular weight is 412 g/mol. The van der Waals surface area contributed by atoms with E-state index >= 15 is 0 Å². The molecule has 0 aliphatic rings. The molecule has 0 fully saturated rings. The molecule has 0 aliphatic heterocycles. The number of sulfonamides is 1. The normalized spacial score (nSPS) is 12.7. The fraction of sp³-hybridized carbons (Fsp3) is 0.316. The van der Waals surface area contributed by atoms with Crippen LogP contribution in [0.15, 0.2) is 59.5 Å². The number of anilines is 1. The molecule has 1 amide bonds. The number of hydrogen-bond acceptors (Lipinski definition) is 4. The Morgan fingerprint density at radius 3 is 2.30 bits per heavy atom. The van der Waals surface area contributed by atoms with Gasteiger partial charge >= 0.3 is 0 Å². The van der Waals surface area contributed by atoms with Gasteiger partial charge in [-0.05, 0) is 44.5 Å². The molecule has 0 aliphatic carbocycles. The Morgan fingerprint density at radius 1 is 1.07 bits per heavy atom. The van der Waals surface area contributed by atoms with Gasteiger partial charge in [-0.3, -0.25) is 4.79 Å². The van der Waals surface area contributed by atoms with Crippen LogP contribution < -0.4 is 15.8 Å². The van der Waals surface area contributed by atoms with Crippen LogP contribution in [0, 0.1) is 0 Å². The summed E-state index contributed by atoms with van der Waals surface area (Å²) in [4.78, 5) is 12.3. The minimum Gasteiger partial charge on any atom is -0.326 e. The number of nitrogens with two attached hydrogens (primary N) is 1. The summed E-state index contributed by atoms with van der Waals surface area (Å²) in [7, 11) is -3.67. The molecule has 4 N–H and O–H groups in total. The lowest BCUT2D eigenvalue weighted by molar-refractivity contribution is -0.116. The van der Waals surface area contributed by atoms with Gasteiger partial charge in [0.1, 0.15) is 0 Å². The molecule has 148 valence electrons. The van der Waals surface area contributed by atoms with Gasteiger partial charge < -0.3 is 11.1 Å². The van der Waals surface area contributed by atoms with Gasteiger partial charge in [0.2, 0.25) is 15.9 Å². The fourth-order valence-electron chi connectivity index (χ4n) is 2.43. The summed E-state index contributed by atoms with van der Waals surface area (Å²) in [6.45, 7) is 5.30. The number of hydrogen-bond donors (Lipinski definition) is 3. The Kier molecular flexibility index (Phi) is 7.98. The number of carbonyl (C=O) groups excluding carboxylic acids is 1. The first-order valence-electron chi connectivity index (χ1n) is 8.31. The summed E-state index contributed by atoms with van der Waals surface area (Å²) in [6.07, 6.45) is 0.0984. The summed E-state index contributed by atoms with van der Waals surface area (Å²) >= 11 is 0. The molecule has 0 aromatic heterocycles. The van der Waals surface area contributed by atoms with Crippen LogP contribution in [0.3, 0.4) is 0 Å². The molecular formula is C19H26ClN3O3S. The van der Waals surface area contributed by atoms with Gasteiger partial charge in [0.05, 0.1) is 4.90 Å². The summed E-state index contributed by atoms with van der Waals surface area (Å²) < 4.78 is 27.4. The lowest BCUT2D eigenvalue weighted by atomic mass is 10.0. The minimum atomic E-state index is -3.67. The first-order chi connectivity index (χ1) is 12.1. The van der Waals surface area contributed by atoms with Gasteiger partial charge in [0, 0.05) is 23.7 Å². The van der Waals surface area contributed by atoms with E-state index in [2.05, 4.69) is 10.0 Å². The lowest BCUT2D eigenvalue weighted by Gasteiger charge is -2.20. The second kappa shape index (κ2) is 9.32. The molecule has 1 unspecified atom stereocenters. The largest absolute Gasteiger partial charge is 0.326 e. The third-order valence-corrected chi connectivity index (χ3v) is 5.26. The van der Waals surface area contributed by atoms with Crippen molar-refractivity contribution >= 4 is 34.0 Å². The molecule has 0 spiro atoms. The standard InChI is InChI=1S/C19H25N3O3S.ClH/c1-19(2,3)22-26(24,25)16-11-7-10-15(12-16)21-18(23)13-17(20)14-8-5-4-6-9-14;/h4-12,17,22H,13,20H2,1-3H3,(H,21,23);1H. The summed E-state index contributed by atoms with van der Waals surface area (Å²) in [5.74, 6) is -0.278. The Bertz CT molecular complexity index is 865. The van der Waals surface area contributed by atoms with E-state index in [-0.39, 0.29) is 29.6 Å². The summed E-state index contributed by atoms with van der Waals surface area (Å²) in [5.41, 5.74) is 6.73. The predicted octanol–water partition coefficient (Wildman–Crippen LogP) is 3.21. The highest BCUT2D eigenvalue weighted by atomic mass is 35.5. The van der Waals surface area contributed by atoms with E-state index in [0.717, 1.165) is 5.56 Å². The first kappa shape index (κ1) is 23.1. The van der Waals surface area contributed by atoms with Crippen molar-refractivity contribution in [2.24, 2.45) is 5.73 Å². The molecule has 0 bridgehead atoms. The first-order valence-corrected chi connectivity index (χ1v) is 9.79. The highest BCUT2D eigenvalue weighted by Crippen LogP contribution is 2.19. The van der Waals surface area contributed by atoms with Crippen molar-refractivity contribution in [1.29, 1.82) is 0 Å². The van der Waals surface area contributed by atoms with Crippen molar-refractivity contribution in [3.05, 3.63) is 60.2 Å². The molecule has 0 saturated heterocycles. The van der Waals surface area contributed by atoms with E-state index in [1.165, 1.54) is 12.1 Å². The predicted molar refractivity (Wildman–Crippen MR) is 110 cm³/mol. The zero-order valence-electron chi connectivity index (χ0n) is 15.6. The molecule has 1 atom stereocenters. The van der Waals surface area contributed by atoms with E-state index in [0.29, 0.717) is 5.69 Å². The number of halogens is 1. The third-order valence-electron chi connectivity index (χ3n) is 3.50. The maximum absolute atomic E-state index is 12.4. The van der Waals surface area contributed by atoms with E-state index in [1.807, 2.05) is 30.3 Å². The molecule has 2 rings (SSSR count). The van der Waals surface area contributed by atoms with Gasteiger partial charge in [-0.15, -0.1) is 12.4 Å². The van der Waals surface area contributed by atoms with Crippen molar-refractivity contribution in [2.45, 2.75) is 43.7 Å². The number of carbonyl (C=O) groups is 1. The average Bonchev–Trinajstić information content (AvgIpc) is 2.53. The van der Waals surface area contributed by atoms with Crippen LogP contribution in [-0.2, 0) is 14.8 Å². The lowest BCUT2D eigenvalue weighted by Crippen LogP contribution is -2.40. The summed E-state index contributed by atoms with van der Waals surface area (Å²) in [6, 6.07) is 15.1. The van der Waals surface area contributed by atoms with Crippen LogP contribution in [0.4, 0.5) is 5.69 Å². The van der Waals surface area contributed by atoms with Crippen LogP contribution in [0.1, 0.15) is 38.8 Å². The van der Waals surface area contributed by atoms with Crippen LogP contribution >= 0.6 is 12.4 Å². The molecular weight excluding hydrogens is 386 g/mol. The van der Waals surface area contributed by atoms with Gasteiger partial charge in [0.25, 0.3) is 0 Å². The zero-order chi connectivity index (χ0) is 19.4. The van der Waals surface area contributed by atoms with Crippen LogP contribution in [0.5, 0.6) is 0 Å². The number of rotatable bonds is 6. The quantitative estimate of drug-likeness (QED) is 0.679. The molecule has 6 nitrogen and oxygen atoms in total. The van der Waals surface area contributed by atoms with E-state index in [1.54, 1.807) is 32.9 Å².